The number of halogens is 1. The summed E-state index contributed by atoms with van der Waals surface area (Å²) in [4.78, 5) is 70.1. The highest BCUT2D eigenvalue weighted by atomic mass is 79.9. The maximum absolute atomic E-state index is 12.9. The third-order valence-electron chi connectivity index (χ3n) is 5.19. The van der Waals surface area contributed by atoms with Gasteiger partial charge in [-0.3, -0.25) is 19.2 Å². The molecule has 9 N–H and O–H groups in total. The number of urea groups is 1. The van der Waals surface area contributed by atoms with Crippen LogP contribution in [0.25, 0.3) is 0 Å². The predicted octanol–water partition coefficient (Wildman–Crippen LogP) is 1.76. The van der Waals surface area contributed by atoms with Crippen molar-refractivity contribution in [1.29, 1.82) is 0 Å². The maximum atomic E-state index is 12.9. The Morgan fingerprint density at radius 1 is 0.833 bits per heavy atom. The fraction of sp³-hybridized carbons (Fsp3) is 0.556. The van der Waals surface area contributed by atoms with Crippen molar-refractivity contribution in [2.45, 2.75) is 71.4 Å². The van der Waals surface area contributed by atoms with Crippen LogP contribution in [0.15, 0.2) is 24.3 Å². The third kappa shape index (κ3) is 20.9. The summed E-state index contributed by atoms with van der Waals surface area (Å²) in [6.45, 7) is 4.66. The number of ether oxygens (including phenoxy) is 1. The van der Waals surface area contributed by atoms with Gasteiger partial charge in [0, 0.05) is 25.2 Å². The van der Waals surface area contributed by atoms with Crippen molar-refractivity contribution in [2.75, 3.05) is 30.3 Å². The minimum Gasteiger partial charge on any atom is -0.445 e. The molecule has 15 heteroatoms. The van der Waals surface area contributed by atoms with Gasteiger partial charge in [0.15, 0.2) is 0 Å². The number of hydrogen-bond acceptors (Lipinski definition) is 7. The lowest BCUT2D eigenvalue weighted by Crippen LogP contribution is -2.47. The molecule has 1 aromatic carbocycles. The van der Waals surface area contributed by atoms with Gasteiger partial charge in [0.2, 0.25) is 23.6 Å². The number of rotatable bonds is 18. The first kappa shape index (κ1) is 38.1. The highest BCUT2D eigenvalue weighted by Crippen LogP contribution is 2.12. The summed E-state index contributed by atoms with van der Waals surface area (Å²) >= 11 is 3.06. The van der Waals surface area contributed by atoms with Gasteiger partial charge in [0.25, 0.3) is 0 Å². The van der Waals surface area contributed by atoms with E-state index in [0.717, 1.165) is 12.8 Å². The average molecular weight is 659 g/mol. The molecular formula is C27H44BrN7O7. The smallest absolute Gasteiger partial charge is 0.404 e. The van der Waals surface area contributed by atoms with E-state index >= 15 is 0 Å². The molecule has 1 atom stereocenters. The maximum Gasteiger partial charge on any atom is 0.404 e. The number of nitrogens with one attached hydrogen (secondary N) is 5. The lowest BCUT2D eigenvalue weighted by molar-refractivity contribution is -0.128. The Labute approximate surface area is 254 Å². The Bertz CT molecular complexity index is 994. The SMILES string of the molecule is CCC.NC(=O)NCCCC(NC(=O)CNC(=O)CCCCCNC(=O)CBr)C(=O)Nc1ccc(COC(N)=O)cc1. The summed E-state index contributed by atoms with van der Waals surface area (Å²) in [6.07, 6.45) is 3.20. The Hall–Kier alpha value is -3.88. The van der Waals surface area contributed by atoms with E-state index in [4.69, 9.17) is 16.2 Å². The Kier molecular flexibility index (Phi) is 21.6. The largest absolute Gasteiger partial charge is 0.445 e. The number of anilines is 1. The lowest BCUT2D eigenvalue weighted by Gasteiger charge is -2.19. The van der Waals surface area contributed by atoms with E-state index in [-0.39, 0.29) is 49.7 Å². The Morgan fingerprint density at radius 3 is 2.07 bits per heavy atom. The number of carbonyl (C=O) groups is 6. The zero-order valence-corrected chi connectivity index (χ0v) is 25.8. The minimum atomic E-state index is -0.948. The van der Waals surface area contributed by atoms with Gasteiger partial charge < -0.3 is 42.8 Å². The molecule has 14 nitrogen and oxygen atoms in total. The zero-order valence-electron chi connectivity index (χ0n) is 24.3. The summed E-state index contributed by atoms with van der Waals surface area (Å²) in [7, 11) is 0. The van der Waals surface area contributed by atoms with E-state index in [1.807, 2.05) is 0 Å². The molecule has 236 valence electrons. The number of hydrogen-bond donors (Lipinski definition) is 7. The molecule has 42 heavy (non-hydrogen) atoms. The lowest BCUT2D eigenvalue weighted by atomic mass is 10.1. The van der Waals surface area contributed by atoms with Crippen LogP contribution in [0.3, 0.4) is 0 Å². The highest BCUT2D eigenvalue weighted by molar-refractivity contribution is 9.09. The molecule has 0 aliphatic carbocycles. The van der Waals surface area contributed by atoms with Crippen LogP contribution in [0.4, 0.5) is 15.3 Å². The van der Waals surface area contributed by atoms with Gasteiger partial charge >= 0.3 is 12.1 Å². The first-order valence-electron chi connectivity index (χ1n) is 13.8. The first-order chi connectivity index (χ1) is 20.0. The molecule has 0 fully saturated rings. The summed E-state index contributed by atoms with van der Waals surface area (Å²) in [6, 6.07) is 4.82. The van der Waals surface area contributed by atoms with Gasteiger partial charge in [0.05, 0.1) is 11.9 Å². The molecule has 0 aromatic heterocycles. The second-order valence-corrected chi connectivity index (χ2v) is 9.69. The first-order valence-corrected chi connectivity index (χ1v) is 14.9. The van der Waals surface area contributed by atoms with Crippen LogP contribution >= 0.6 is 15.9 Å². The van der Waals surface area contributed by atoms with E-state index in [1.165, 1.54) is 6.42 Å². The van der Waals surface area contributed by atoms with Gasteiger partial charge in [-0.15, -0.1) is 0 Å². The second-order valence-electron chi connectivity index (χ2n) is 9.13. The summed E-state index contributed by atoms with van der Waals surface area (Å²) < 4.78 is 4.71. The molecule has 0 saturated carbocycles. The monoisotopic (exact) mass is 657 g/mol. The molecule has 0 heterocycles. The number of benzene rings is 1. The van der Waals surface area contributed by atoms with Crippen LogP contribution in [0.5, 0.6) is 0 Å². The number of alkyl halides is 1. The Morgan fingerprint density at radius 2 is 1.48 bits per heavy atom. The zero-order chi connectivity index (χ0) is 31.8. The van der Waals surface area contributed by atoms with Gasteiger partial charge in [-0.05, 0) is 43.4 Å². The number of primary amides is 2. The van der Waals surface area contributed by atoms with Crippen LogP contribution in [0, 0.1) is 0 Å². The Balaban J connectivity index is 0.00000535. The van der Waals surface area contributed by atoms with Crippen LogP contribution in [0.2, 0.25) is 0 Å². The summed E-state index contributed by atoms with van der Waals surface area (Å²) in [5.74, 6) is -1.45. The van der Waals surface area contributed by atoms with Gasteiger partial charge in [0.1, 0.15) is 12.6 Å². The molecule has 1 unspecified atom stereocenters. The van der Waals surface area contributed by atoms with E-state index in [1.54, 1.807) is 24.3 Å². The van der Waals surface area contributed by atoms with E-state index < -0.39 is 30.0 Å². The molecule has 0 radical (unpaired) electrons. The van der Waals surface area contributed by atoms with Gasteiger partial charge in [-0.25, -0.2) is 9.59 Å². The molecule has 1 rings (SSSR count). The van der Waals surface area contributed by atoms with E-state index in [9.17, 15) is 28.8 Å². The van der Waals surface area contributed by atoms with Gasteiger partial charge in [-0.2, -0.15) is 0 Å². The van der Waals surface area contributed by atoms with Gasteiger partial charge in [-0.1, -0.05) is 54.8 Å². The van der Waals surface area contributed by atoms with Crippen LogP contribution in [-0.2, 0) is 30.5 Å². The molecule has 7 amide bonds. The van der Waals surface area contributed by atoms with Crippen molar-refractivity contribution in [3.63, 3.8) is 0 Å². The topological polar surface area (TPSA) is 224 Å². The molecule has 0 bridgehead atoms. The normalized spacial score (nSPS) is 10.6. The fourth-order valence-electron chi connectivity index (χ4n) is 3.23. The molecular weight excluding hydrogens is 614 g/mol. The molecule has 0 aliphatic rings. The van der Waals surface area contributed by atoms with Crippen molar-refractivity contribution in [3.8, 4) is 0 Å². The van der Waals surface area contributed by atoms with E-state index in [0.29, 0.717) is 30.6 Å². The number of amides is 7. The second kappa shape index (κ2) is 23.8. The van der Waals surface area contributed by atoms with E-state index in [2.05, 4.69) is 56.4 Å². The molecule has 0 saturated heterocycles. The van der Waals surface area contributed by atoms with Crippen molar-refractivity contribution in [1.82, 2.24) is 21.3 Å². The number of unbranched alkanes of at least 4 members (excludes halogenated alkanes) is 2. The quantitative estimate of drug-likeness (QED) is 0.0913. The highest BCUT2D eigenvalue weighted by Gasteiger charge is 2.21. The van der Waals surface area contributed by atoms with Crippen molar-refractivity contribution in [2.24, 2.45) is 11.5 Å². The fourth-order valence-corrected chi connectivity index (χ4v) is 3.43. The summed E-state index contributed by atoms with van der Waals surface area (Å²) in [5.41, 5.74) is 11.1. The molecule has 0 spiro atoms. The molecule has 1 aromatic rings. The van der Waals surface area contributed by atoms with Crippen LogP contribution in [0.1, 0.15) is 64.4 Å². The van der Waals surface area contributed by atoms with Crippen LogP contribution < -0.4 is 38.1 Å². The standard InChI is InChI=1S/C24H36BrN7O7.C3H8/c25-13-20(34)28-11-3-1-2-6-19(33)30-14-21(35)32-18(5-4-12-29-23(26)37)22(36)31-17-9-7-16(8-10-17)15-39-24(27)38;1-3-2/h7-10,18H,1-6,11-15H2,(H2,27,38)(H,28,34)(H,30,33)(H,31,36)(H,32,35)(H3,26,29,37);3H2,1-2H3. The predicted molar refractivity (Wildman–Crippen MR) is 162 cm³/mol. The average Bonchev–Trinajstić information content (AvgIpc) is 2.95. The number of nitrogens with two attached hydrogens (primary N) is 2. The third-order valence-corrected chi connectivity index (χ3v) is 5.70. The number of carbonyl (C=O) groups excluding carboxylic acids is 6. The van der Waals surface area contributed by atoms with Crippen LogP contribution in [-0.4, -0.2) is 66.8 Å². The van der Waals surface area contributed by atoms with Crippen molar-refractivity contribution >= 4 is 57.4 Å². The van der Waals surface area contributed by atoms with Crippen molar-refractivity contribution < 1.29 is 33.5 Å². The minimum absolute atomic E-state index is 0.0174. The molecule has 0 aliphatic heterocycles. The van der Waals surface area contributed by atoms with Crippen molar-refractivity contribution in [3.05, 3.63) is 29.8 Å². The summed E-state index contributed by atoms with van der Waals surface area (Å²) in [5, 5.41) is 13.2.